The molecule has 0 aliphatic heterocycles. The van der Waals surface area contributed by atoms with Crippen LogP contribution in [0.3, 0.4) is 0 Å². The molecule has 0 radical (unpaired) electrons. The molecule has 3 aromatic carbocycles. The Kier molecular flexibility index (Phi) is 9.84. The fourth-order valence-corrected chi connectivity index (χ4v) is 5.82. The maximum absolute atomic E-state index is 13.8. The molecule has 1 unspecified atom stereocenters. The summed E-state index contributed by atoms with van der Waals surface area (Å²) in [6.07, 6.45) is 4.83. The number of nitrogens with one attached hydrogen (secondary N) is 1. The lowest BCUT2D eigenvalue weighted by molar-refractivity contribution is -0.139. The molecule has 194 valence electrons. The zero-order valence-electron chi connectivity index (χ0n) is 22.0. The largest absolute Gasteiger partial charge is 0.352 e. The lowest BCUT2D eigenvalue weighted by Gasteiger charge is -2.32. The zero-order valence-corrected chi connectivity index (χ0v) is 22.8. The van der Waals surface area contributed by atoms with Crippen LogP contribution in [-0.2, 0) is 28.3 Å². The summed E-state index contributed by atoms with van der Waals surface area (Å²) in [6, 6.07) is 26.3. The van der Waals surface area contributed by atoms with Crippen molar-refractivity contribution in [1.82, 2.24) is 10.2 Å². The molecule has 1 fully saturated rings. The smallest absolute Gasteiger partial charge is 0.243 e. The van der Waals surface area contributed by atoms with Gasteiger partial charge in [0.05, 0.1) is 5.75 Å². The third-order valence-corrected chi connectivity index (χ3v) is 8.01. The fraction of sp³-hybridized carbons (Fsp3) is 0.375. The highest BCUT2D eigenvalue weighted by Crippen LogP contribution is 2.21. The van der Waals surface area contributed by atoms with E-state index in [-0.39, 0.29) is 17.9 Å². The number of rotatable bonds is 11. The van der Waals surface area contributed by atoms with Crippen LogP contribution >= 0.6 is 11.8 Å². The second kappa shape index (κ2) is 13.5. The van der Waals surface area contributed by atoms with Crippen LogP contribution < -0.4 is 5.32 Å². The molecule has 1 N–H and O–H groups in total. The molecule has 0 heterocycles. The van der Waals surface area contributed by atoms with Crippen molar-refractivity contribution >= 4 is 23.6 Å². The Hall–Kier alpha value is -3.05. The monoisotopic (exact) mass is 514 g/mol. The number of thioether (sulfide) groups is 1. The predicted octanol–water partition coefficient (Wildman–Crippen LogP) is 6.24. The lowest BCUT2D eigenvalue weighted by Crippen LogP contribution is -2.52. The summed E-state index contributed by atoms with van der Waals surface area (Å²) in [7, 11) is 0. The minimum absolute atomic E-state index is 0.00104. The number of carbonyl (C=O) groups excluding carboxylic acids is 2. The minimum Gasteiger partial charge on any atom is -0.352 e. The van der Waals surface area contributed by atoms with Gasteiger partial charge in [-0.05, 0) is 43.4 Å². The lowest BCUT2D eigenvalue weighted by atomic mass is 10.0. The van der Waals surface area contributed by atoms with E-state index in [0.717, 1.165) is 48.1 Å². The molecule has 3 aromatic rings. The van der Waals surface area contributed by atoms with Gasteiger partial charge >= 0.3 is 0 Å². The average molecular weight is 515 g/mol. The maximum atomic E-state index is 13.8. The Morgan fingerprint density at radius 1 is 0.865 bits per heavy atom. The van der Waals surface area contributed by atoms with Crippen molar-refractivity contribution in [2.24, 2.45) is 0 Å². The number of hydrogen-bond acceptors (Lipinski definition) is 3. The van der Waals surface area contributed by atoms with Gasteiger partial charge in [0, 0.05) is 24.8 Å². The molecule has 0 saturated heterocycles. The van der Waals surface area contributed by atoms with Gasteiger partial charge in [-0.15, -0.1) is 11.8 Å². The summed E-state index contributed by atoms with van der Waals surface area (Å²) in [5, 5.41) is 3.28. The summed E-state index contributed by atoms with van der Waals surface area (Å²) < 4.78 is 0. The molecule has 37 heavy (non-hydrogen) atoms. The molecule has 0 spiro atoms. The molecule has 0 aromatic heterocycles. The predicted molar refractivity (Wildman–Crippen MR) is 153 cm³/mol. The Balaban J connectivity index is 1.56. The molecule has 1 saturated carbocycles. The second-order valence-electron chi connectivity index (χ2n) is 10.2. The Morgan fingerprint density at radius 3 is 2.27 bits per heavy atom. The van der Waals surface area contributed by atoms with Gasteiger partial charge < -0.3 is 10.2 Å². The molecule has 1 aliphatic carbocycles. The third-order valence-electron chi connectivity index (χ3n) is 7.02. The topological polar surface area (TPSA) is 49.4 Å². The van der Waals surface area contributed by atoms with Crippen LogP contribution in [0.1, 0.15) is 53.5 Å². The van der Waals surface area contributed by atoms with E-state index in [1.165, 1.54) is 11.1 Å². The molecular weight excluding hydrogens is 476 g/mol. The molecular formula is C32H38N2O2S. The van der Waals surface area contributed by atoms with Crippen molar-refractivity contribution in [1.29, 1.82) is 0 Å². The number of benzene rings is 3. The van der Waals surface area contributed by atoms with E-state index < -0.39 is 6.04 Å². The van der Waals surface area contributed by atoms with Gasteiger partial charge in [-0.25, -0.2) is 0 Å². The van der Waals surface area contributed by atoms with Crippen molar-refractivity contribution < 1.29 is 9.59 Å². The Morgan fingerprint density at radius 2 is 1.57 bits per heavy atom. The third kappa shape index (κ3) is 8.22. The quantitative estimate of drug-likeness (QED) is 0.330. The highest BCUT2D eigenvalue weighted by Gasteiger charge is 2.32. The molecule has 0 bridgehead atoms. The highest BCUT2D eigenvalue weighted by atomic mass is 32.2. The highest BCUT2D eigenvalue weighted by molar-refractivity contribution is 7.99. The number of nitrogens with zero attached hydrogens (tertiary/aromatic N) is 1. The van der Waals surface area contributed by atoms with Crippen LogP contribution in [0.15, 0.2) is 78.9 Å². The number of aryl methyl sites for hydroxylation is 2. The standard InChI is InChI=1S/C32H38N2O2S/c1-24-15-17-27(18-16-24)22-37-23-31(35)34(21-28-12-8-9-25(2)19-28)30(20-26-10-4-3-5-11-26)32(36)33-29-13-6-7-14-29/h3-5,8-12,15-19,29-30H,6-7,13-14,20-23H2,1-2H3,(H,33,36). The average Bonchev–Trinajstić information content (AvgIpc) is 3.41. The van der Waals surface area contributed by atoms with Crippen LogP contribution in [0.25, 0.3) is 0 Å². The van der Waals surface area contributed by atoms with Crippen molar-refractivity contribution in [2.75, 3.05) is 5.75 Å². The molecule has 1 atom stereocenters. The van der Waals surface area contributed by atoms with E-state index in [9.17, 15) is 9.59 Å². The van der Waals surface area contributed by atoms with Gasteiger partial charge in [-0.2, -0.15) is 0 Å². The van der Waals surface area contributed by atoms with Gasteiger partial charge in [0.25, 0.3) is 0 Å². The number of carbonyl (C=O) groups is 2. The van der Waals surface area contributed by atoms with E-state index in [4.69, 9.17) is 0 Å². The van der Waals surface area contributed by atoms with Crippen LogP contribution in [-0.4, -0.2) is 34.6 Å². The SMILES string of the molecule is Cc1ccc(CSCC(=O)N(Cc2cccc(C)c2)C(Cc2ccccc2)C(=O)NC2CCCC2)cc1. The first-order valence-corrected chi connectivity index (χ1v) is 14.5. The zero-order chi connectivity index (χ0) is 26.0. The molecule has 2 amide bonds. The number of hydrogen-bond donors (Lipinski definition) is 1. The van der Waals surface area contributed by atoms with E-state index >= 15 is 0 Å². The normalized spacial score (nSPS) is 14.3. The summed E-state index contributed by atoms with van der Waals surface area (Å²) in [6.45, 7) is 4.55. The van der Waals surface area contributed by atoms with Gasteiger partial charge in [-0.1, -0.05) is 103 Å². The fourth-order valence-electron chi connectivity index (χ4n) is 4.95. The van der Waals surface area contributed by atoms with Crippen molar-refractivity contribution in [3.63, 3.8) is 0 Å². The summed E-state index contributed by atoms with van der Waals surface area (Å²) in [5.74, 6) is 1.06. The van der Waals surface area contributed by atoms with Crippen molar-refractivity contribution in [3.05, 3.63) is 107 Å². The second-order valence-corrected chi connectivity index (χ2v) is 11.2. The van der Waals surface area contributed by atoms with Crippen molar-refractivity contribution in [2.45, 2.75) is 70.3 Å². The summed E-state index contributed by atoms with van der Waals surface area (Å²) in [5.41, 5.74) is 5.68. The van der Waals surface area contributed by atoms with Crippen LogP contribution in [0.5, 0.6) is 0 Å². The first-order chi connectivity index (χ1) is 18.0. The molecule has 4 nitrogen and oxygen atoms in total. The summed E-state index contributed by atoms with van der Waals surface area (Å²) >= 11 is 1.61. The maximum Gasteiger partial charge on any atom is 0.243 e. The summed E-state index contributed by atoms with van der Waals surface area (Å²) in [4.78, 5) is 29.3. The van der Waals surface area contributed by atoms with Gasteiger partial charge in [-0.3, -0.25) is 9.59 Å². The van der Waals surface area contributed by atoms with Crippen LogP contribution in [0, 0.1) is 13.8 Å². The van der Waals surface area contributed by atoms with E-state index in [0.29, 0.717) is 18.7 Å². The molecule has 1 aliphatic rings. The number of amides is 2. The molecule has 4 rings (SSSR count). The van der Waals surface area contributed by atoms with E-state index in [1.807, 2.05) is 47.4 Å². The van der Waals surface area contributed by atoms with Gasteiger partial charge in [0.1, 0.15) is 6.04 Å². The van der Waals surface area contributed by atoms with Crippen LogP contribution in [0.2, 0.25) is 0 Å². The van der Waals surface area contributed by atoms with E-state index in [2.05, 4.69) is 55.6 Å². The Labute approximate surface area is 225 Å². The van der Waals surface area contributed by atoms with Crippen LogP contribution in [0.4, 0.5) is 0 Å². The van der Waals surface area contributed by atoms with E-state index in [1.54, 1.807) is 11.8 Å². The van der Waals surface area contributed by atoms with Gasteiger partial charge in [0.2, 0.25) is 11.8 Å². The minimum atomic E-state index is -0.559. The van der Waals surface area contributed by atoms with Gasteiger partial charge in [0.15, 0.2) is 0 Å². The first kappa shape index (κ1) is 27.0. The Bertz CT molecular complexity index is 1160. The van der Waals surface area contributed by atoms with Crippen molar-refractivity contribution in [3.8, 4) is 0 Å². The first-order valence-electron chi connectivity index (χ1n) is 13.3. The molecule has 5 heteroatoms.